The van der Waals surface area contributed by atoms with Gasteiger partial charge in [0, 0.05) is 18.7 Å². The molecule has 1 rings (SSSR count). The third-order valence-electron chi connectivity index (χ3n) is 2.71. The Balaban J connectivity index is 3.20. The Morgan fingerprint density at radius 3 is 2.70 bits per heavy atom. The van der Waals surface area contributed by atoms with Crippen molar-refractivity contribution in [1.82, 2.24) is 0 Å². The minimum absolute atomic E-state index is 0.127. The Morgan fingerprint density at radius 1 is 1.45 bits per heavy atom. The number of rotatable bonds is 8. The number of nitrogens with zero attached hydrogens (tertiary/aromatic N) is 2. The molecule has 7 heteroatoms. The largest absolute Gasteiger partial charge is 0.271 e. The lowest BCUT2D eigenvalue weighted by Gasteiger charge is -2.23. The molecule has 0 N–H and O–H groups in total. The van der Waals surface area contributed by atoms with Crippen LogP contribution in [0.3, 0.4) is 0 Å². The molecular weight excluding hydrogens is 280 g/mol. The summed E-state index contributed by atoms with van der Waals surface area (Å²) in [5.74, 6) is -0.195. The van der Waals surface area contributed by atoms with E-state index in [0.29, 0.717) is 18.7 Å². The first-order valence-electron chi connectivity index (χ1n) is 6.28. The number of sulfonamides is 1. The summed E-state index contributed by atoms with van der Waals surface area (Å²) in [6, 6.07) is 5.65. The fourth-order valence-corrected chi connectivity index (χ4v) is 3.05. The topological polar surface area (TPSA) is 80.5 Å². The molecule has 0 unspecified atom stereocenters. The van der Waals surface area contributed by atoms with Crippen LogP contribution in [-0.2, 0) is 10.0 Å². The molecule has 110 valence electrons. The fourth-order valence-electron chi connectivity index (χ4n) is 1.73. The number of non-ortho nitro benzene ring substituents is 1. The van der Waals surface area contributed by atoms with E-state index in [0.717, 1.165) is 6.42 Å². The molecule has 0 saturated heterocycles. The molecule has 0 bridgehead atoms. The van der Waals surface area contributed by atoms with Crippen molar-refractivity contribution in [3.05, 3.63) is 47.0 Å². The molecule has 20 heavy (non-hydrogen) atoms. The van der Waals surface area contributed by atoms with E-state index in [2.05, 4.69) is 6.58 Å². The average Bonchev–Trinajstić information content (AvgIpc) is 2.39. The van der Waals surface area contributed by atoms with E-state index in [9.17, 15) is 18.5 Å². The molecule has 1 aromatic rings. The summed E-state index contributed by atoms with van der Waals surface area (Å²) >= 11 is 0. The number of nitro groups is 1. The van der Waals surface area contributed by atoms with Gasteiger partial charge in [0.25, 0.3) is 5.69 Å². The molecule has 6 nitrogen and oxygen atoms in total. The van der Waals surface area contributed by atoms with Gasteiger partial charge >= 0.3 is 0 Å². The minimum atomic E-state index is -3.55. The molecule has 0 amide bonds. The van der Waals surface area contributed by atoms with Crippen LogP contribution in [0.4, 0.5) is 11.4 Å². The van der Waals surface area contributed by atoms with Gasteiger partial charge in [-0.05, 0) is 12.5 Å². The maximum absolute atomic E-state index is 12.2. The second-order valence-corrected chi connectivity index (χ2v) is 6.21. The van der Waals surface area contributed by atoms with Crippen molar-refractivity contribution < 1.29 is 13.3 Å². The van der Waals surface area contributed by atoms with Crippen molar-refractivity contribution in [2.45, 2.75) is 19.8 Å². The third-order valence-corrected chi connectivity index (χ3v) is 4.43. The van der Waals surface area contributed by atoms with Gasteiger partial charge in [0.05, 0.1) is 16.4 Å². The first kappa shape index (κ1) is 16.2. The molecule has 0 saturated carbocycles. The molecule has 0 atom stereocenters. The highest BCUT2D eigenvalue weighted by Crippen LogP contribution is 2.24. The van der Waals surface area contributed by atoms with Crippen LogP contribution >= 0.6 is 0 Å². The number of hydrogen-bond donors (Lipinski definition) is 0. The van der Waals surface area contributed by atoms with Gasteiger partial charge in [-0.25, -0.2) is 8.42 Å². The highest BCUT2D eigenvalue weighted by atomic mass is 32.2. The van der Waals surface area contributed by atoms with Gasteiger partial charge in [0.1, 0.15) is 0 Å². The van der Waals surface area contributed by atoms with Crippen LogP contribution in [0.5, 0.6) is 0 Å². The third kappa shape index (κ3) is 4.06. The second kappa shape index (κ2) is 7.04. The highest BCUT2D eigenvalue weighted by Gasteiger charge is 2.22. The molecular formula is C13H18N2O4S. The molecule has 0 aliphatic rings. The van der Waals surface area contributed by atoms with E-state index in [-0.39, 0.29) is 11.4 Å². The van der Waals surface area contributed by atoms with E-state index < -0.39 is 14.9 Å². The number of anilines is 1. The molecule has 0 heterocycles. The molecule has 0 aliphatic heterocycles. The van der Waals surface area contributed by atoms with Gasteiger partial charge in [-0.3, -0.25) is 14.4 Å². The van der Waals surface area contributed by atoms with Crippen LogP contribution in [-0.4, -0.2) is 25.6 Å². The van der Waals surface area contributed by atoms with Crippen molar-refractivity contribution >= 4 is 21.4 Å². The average molecular weight is 298 g/mol. The maximum Gasteiger partial charge on any atom is 0.271 e. The molecule has 0 spiro atoms. The van der Waals surface area contributed by atoms with Gasteiger partial charge in [0.15, 0.2) is 0 Å². The smallest absolute Gasteiger partial charge is 0.270 e. The minimum Gasteiger partial charge on any atom is -0.270 e. The Morgan fingerprint density at radius 2 is 2.15 bits per heavy atom. The molecule has 0 radical (unpaired) electrons. The van der Waals surface area contributed by atoms with Crippen LogP contribution in [0.25, 0.3) is 0 Å². The van der Waals surface area contributed by atoms with Crippen molar-refractivity contribution in [2.75, 3.05) is 16.6 Å². The van der Waals surface area contributed by atoms with E-state index in [1.807, 2.05) is 6.92 Å². The first-order valence-corrected chi connectivity index (χ1v) is 7.89. The van der Waals surface area contributed by atoms with Crippen LogP contribution in [0.1, 0.15) is 19.8 Å². The predicted octanol–water partition coefficient (Wildman–Crippen LogP) is 2.72. The van der Waals surface area contributed by atoms with Crippen LogP contribution in [0.2, 0.25) is 0 Å². The summed E-state index contributed by atoms with van der Waals surface area (Å²) in [5, 5.41) is 10.8. The van der Waals surface area contributed by atoms with Crippen molar-refractivity contribution in [3.8, 4) is 0 Å². The first-order chi connectivity index (χ1) is 9.42. The Hall–Kier alpha value is -1.89. The molecule has 1 aromatic carbocycles. The normalized spacial score (nSPS) is 11.1. The van der Waals surface area contributed by atoms with Crippen LogP contribution in [0.15, 0.2) is 36.9 Å². The lowest BCUT2D eigenvalue weighted by molar-refractivity contribution is -0.384. The molecule has 0 fully saturated rings. The number of unbranched alkanes of at least 4 members (excludes halogenated alkanes) is 1. The van der Waals surface area contributed by atoms with Gasteiger partial charge in [0.2, 0.25) is 10.0 Å². The molecule has 0 aliphatic carbocycles. The predicted molar refractivity (Wildman–Crippen MR) is 79.3 cm³/mol. The summed E-state index contributed by atoms with van der Waals surface area (Å²) in [6.07, 6.45) is 2.82. The Labute approximate surface area is 118 Å². The summed E-state index contributed by atoms with van der Waals surface area (Å²) in [5.41, 5.74) is 0.187. The quantitative estimate of drug-likeness (QED) is 0.420. The standard InChI is InChI=1S/C13H18N2O4S/c1-3-5-9-14(20(18,19)10-4-2)12-7-6-8-13(11-12)15(16)17/h4,6-8,11H,2-3,5,9-10H2,1H3. The highest BCUT2D eigenvalue weighted by molar-refractivity contribution is 7.92. The van der Waals surface area contributed by atoms with E-state index in [1.165, 1.54) is 28.6 Å². The second-order valence-electron chi connectivity index (χ2n) is 4.27. The van der Waals surface area contributed by atoms with Gasteiger partial charge in [-0.1, -0.05) is 25.5 Å². The number of nitro benzene ring substituents is 1. The Bertz CT molecular complexity index is 584. The summed E-state index contributed by atoms with van der Waals surface area (Å²) in [7, 11) is -3.55. The van der Waals surface area contributed by atoms with E-state index >= 15 is 0 Å². The van der Waals surface area contributed by atoms with Gasteiger partial charge in [-0.15, -0.1) is 6.58 Å². The van der Waals surface area contributed by atoms with Gasteiger partial charge in [-0.2, -0.15) is 0 Å². The van der Waals surface area contributed by atoms with Crippen LogP contribution in [0, 0.1) is 10.1 Å². The van der Waals surface area contributed by atoms with E-state index in [1.54, 1.807) is 6.07 Å². The zero-order chi connectivity index (χ0) is 15.2. The summed E-state index contributed by atoms with van der Waals surface area (Å²) in [6.45, 7) is 5.68. The lowest BCUT2D eigenvalue weighted by Crippen LogP contribution is -2.33. The van der Waals surface area contributed by atoms with Crippen molar-refractivity contribution in [2.24, 2.45) is 0 Å². The maximum atomic E-state index is 12.2. The monoisotopic (exact) mass is 298 g/mol. The molecule has 0 aromatic heterocycles. The number of benzene rings is 1. The van der Waals surface area contributed by atoms with Crippen LogP contribution < -0.4 is 4.31 Å². The fraction of sp³-hybridized carbons (Fsp3) is 0.385. The zero-order valence-corrected chi connectivity index (χ0v) is 12.2. The lowest BCUT2D eigenvalue weighted by atomic mass is 10.2. The van der Waals surface area contributed by atoms with Gasteiger partial charge < -0.3 is 0 Å². The van der Waals surface area contributed by atoms with Crippen molar-refractivity contribution in [1.29, 1.82) is 0 Å². The number of hydrogen-bond acceptors (Lipinski definition) is 4. The van der Waals surface area contributed by atoms with Crippen molar-refractivity contribution in [3.63, 3.8) is 0 Å². The Kier molecular flexibility index (Phi) is 5.69. The SMILES string of the molecule is C=CCS(=O)(=O)N(CCCC)c1cccc([N+](=O)[O-])c1. The summed E-state index contributed by atoms with van der Waals surface area (Å²) < 4.78 is 25.6. The van der Waals surface area contributed by atoms with E-state index in [4.69, 9.17) is 0 Å². The zero-order valence-electron chi connectivity index (χ0n) is 11.4. The summed E-state index contributed by atoms with van der Waals surface area (Å²) in [4.78, 5) is 10.2.